The molecule has 0 aromatic heterocycles. The third kappa shape index (κ3) is 4.27. The average molecular weight is 263 g/mol. The van der Waals surface area contributed by atoms with Crippen LogP contribution in [0.1, 0.15) is 46.0 Å². The second kappa shape index (κ2) is 5.82. The maximum atomic E-state index is 11.7. The molecule has 1 saturated carbocycles. The number of aliphatic carboxylic acids is 1. The Morgan fingerprint density at radius 3 is 2.53 bits per heavy atom. The van der Waals surface area contributed by atoms with Crippen molar-refractivity contribution in [1.29, 1.82) is 0 Å². The zero-order chi connectivity index (χ0) is 13.1. The Morgan fingerprint density at radius 2 is 1.94 bits per heavy atom. The van der Waals surface area contributed by atoms with Crippen LogP contribution in [0.2, 0.25) is 0 Å². The molecule has 0 radical (unpaired) electrons. The van der Waals surface area contributed by atoms with Gasteiger partial charge in [0.15, 0.2) is 5.25 Å². The van der Waals surface area contributed by atoms with E-state index in [9.17, 15) is 13.2 Å². The molecule has 0 saturated heterocycles. The minimum Gasteiger partial charge on any atom is -0.480 e. The molecule has 0 bridgehead atoms. The van der Waals surface area contributed by atoms with Crippen molar-refractivity contribution in [3.8, 4) is 0 Å². The predicted molar refractivity (Wildman–Crippen MR) is 65.2 cm³/mol. The third-order valence-electron chi connectivity index (χ3n) is 3.40. The first kappa shape index (κ1) is 14.4. The van der Waals surface area contributed by atoms with Crippen molar-refractivity contribution >= 4 is 16.0 Å². The van der Waals surface area contributed by atoms with Crippen molar-refractivity contribution in [2.75, 3.05) is 0 Å². The second-order valence-corrected chi connectivity index (χ2v) is 6.99. The summed E-state index contributed by atoms with van der Waals surface area (Å²) in [6, 6.07) is -0.105. The largest absolute Gasteiger partial charge is 0.480 e. The summed E-state index contributed by atoms with van der Waals surface area (Å²) in [6.07, 6.45) is 4.71. The zero-order valence-corrected chi connectivity index (χ0v) is 11.2. The van der Waals surface area contributed by atoms with Crippen molar-refractivity contribution in [3.05, 3.63) is 0 Å². The number of sulfonamides is 1. The SMILES string of the molecule is CC1CCCC(NS(=O)(=O)C(C)C(=O)O)CC1. The minimum atomic E-state index is -3.74. The summed E-state index contributed by atoms with van der Waals surface area (Å²) in [5, 5.41) is 7.34. The molecule has 5 nitrogen and oxygen atoms in total. The van der Waals surface area contributed by atoms with Gasteiger partial charge >= 0.3 is 5.97 Å². The monoisotopic (exact) mass is 263 g/mol. The highest BCUT2D eigenvalue weighted by Crippen LogP contribution is 2.23. The summed E-state index contributed by atoms with van der Waals surface area (Å²) in [4.78, 5) is 10.7. The van der Waals surface area contributed by atoms with E-state index >= 15 is 0 Å². The fraction of sp³-hybridized carbons (Fsp3) is 0.909. The van der Waals surface area contributed by atoms with E-state index in [1.54, 1.807) is 0 Å². The van der Waals surface area contributed by atoms with E-state index in [0.29, 0.717) is 5.92 Å². The smallest absolute Gasteiger partial charge is 0.323 e. The molecule has 0 heterocycles. The highest BCUT2D eigenvalue weighted by Gasteiger charge is 2.30. The van der Waals surface area contributed by atoms with Crippen molar-refractivity contribution in [2.24, 2.45) is 5.92 Å². The molecular formula is C11H21NO4S. The van der Waals surface area contributed by atoms with E-state index in [1.165, 1.54) is 6.92 Å². The quantitative estimate of drug-likeness (QED) is 0.750. The first-order valence-corrected chi connectivity index (χ1v) is 7.61. The lowest BCUT2D eigenvalue weighted by atomic mass is 10.0. The molecule has 1 rings (SSSR count). The third-order valence-corrected chi connectivity index (χ3v) is 5.20. The highest BCUT2D eigenvalue weighted by atomic mass is 32.2. The Bertz CT molecular complexity index is 366. The highest BCUT2D eigenvalue weighted by molar-refractivity contribution is 7.90. The van der Waals surface area contributed by atoms with Gasteiger partial charge in [0.25, 0.3) is 0 Å². The molecule has 2 N–H and O–H groups in total. The number of carboxylic acid groups (broad SMARTS) is 1. The summed E-state index contributed by atoms with van der Waals surface area (Å²) in [6.45, 7) is 3.36. The first-order chi connectivity index (χ1) is 7.83. The van der Waals surface area contributed by atoms with Crippen LogP contribution in [-0.2, 0) is 14.8 Å². The normalized spacial score (nSPS) is 28.4. The molecule has 0 aromatic rings. The molecule has 3 atom stereocenters. The second-order valence-electron chi connectivity index (χ2n) is 4.95. The summed E-state index contributed by atoms with van der Waals surface area (Å²) in [5.41, 5.74) is 0. The summed E-state index contributed by atoms with van der Waals surface area (Å²) < 4.78 is 26.0. The predicted octanol–water partition coefficient (Wildman–Crippen LogP) is 1.35. The van der Waals surface area contributed by atoms with Gasteiger partial charge in [0.2, 0.25) is 10.0 Å². The molecular weight excluding hydrogens is 242 g/mol. The van der Waals surface area contributed by atoms with E-state index < -0.39 is 21.2 Å². The van der Waals surface area contributed by atoms with Gasteiger partial charge in [-0.1, -0.05) is 19.8 Å². The topological polar surface area (TPSA) is 83.5 Å². The molecule has 3 unspecified atom stereocenters. The number of carbonyl (C=O) groups is 1. The van der Waals surface area contributed by atoms with Crippen molar-refractivity contribution in [2.45, 2.75) is 57.2 Å². The van der Waals surface area contributed by atoms with Crippen LogP contribution < -0.4 is 4.72 Å². The lowest BCUT2D eigenvalue weighted by molar-refractivity contribution is -0.136. The summed E-state index contributed by atoms with van der Waals surface area (Å²) >= 11 is 0. The van der Waals surface area contributed by atoms with Gasteiger partial charge in [-0.25, -0.2) is 13.1 Å². The molecule has 100 valence electrons. The van der Waals surface area contributed by atoms with Crippen LogP contribution in [0.3, 0.4) is 0 Å². The Hall–Kier alpha value is -0.620. The van der Waals surface area contributed by atoms with E-state index in [2.05, 4.69) is 11.6 Å². The number of nitrogens with one attached hydrogen (secondary N) is 1. The van der Waals surface area contributed by atoms with Crippen LogP contribution in [0.4, 0.5) is 0 Å². The van der Waals surface area contributed by atoms with E-state index in [-0.39, 0.29) is 6.04 Å². The average Bonchev–Trinajstić information content (AvgIpc) is 2.42. The van der Waals surface area contributed by atoms with Crippen molar-refractivity contribution < 1.29 is 18.3 Å². The van der Waals surface area contributed by atoms with Gasteiger partial charge in [0, 0.05) is 6.04 Å². The van der Waals surface area contributed by atoms with E-state index in [0.717, 1.165) is 32.1 Å². The molecule has 0 aliphatic heterocycles. The maximum Gasteiger partial charge on any atom is 0.323 e. The van der Waals surface area contributed by atoms with Gasteiger partial charge in [-0.05, 0) is 32.1 Å². The van der Waals surface area contributed by atoms with Crippen molar-refractivity contribution in [3.63, 3.8) is 0 Å². The Balaban J connectivity index is 2.61. The van der Waals surface area contributed by atoms with Gasteiger partial charge in [0.05, 0.1) is 0 Å². The number of carboxylic acids is 1. The summed E-state index contributed by atoms with van der Waals surface area (Å²) in [7, 11) is -3.74. The van der Waals surface area contributed by atoms with E-state index in [1.807, 2.05) is 0 Å². The standard InChI is InChI=1S/C11H21NO4S/c1-8-4-3-5-10(7-6-8)12-17(15,16)9(2)11(13)14/h8-10,12H,3-7H2,1-2H3,(H,13,14). The lowest BCUT2D eigenvalue weighted by Gasteiger charge is -2.18. The fourth-order valence-electron chi connectivity index (χ4n) is 2.07. The molecule has 0 amide bonds. The van der Waals surface area contributed by atoms with Gasteiger partial charge in [-0.2, -0.15) is 0 Å². The minimum absolute atomic E-state index is 0.105. The molecule has 6 heteroatoms. The van der Waals surface area contributed by atoms with Gasteiger partial charge in [0.1, 0.15) is 0 Å². The molecule has 0 spiro atoms. The van der Waals surface area contributed by atoms with Crippen LogP contribution in [-0.4, -0.2) is 30.8 Å². The molecule has 17 heavy (non-hydrogen) atoms. The number of rotatable bonds is 4. The van der Waals surface area contributed by atoms with Gasteiger partial charge in [-0.3, -0.25) is 4.79 Å². The number of hydrogen-bond donors (Lipinski definition) is 2. The van der Waals surface area contributed by atoms with Gasteiger partial charge < -0.3 is 5.11 Å². The van der Waals surface area contributed by atoms with Crippen molar-refractivity contribution in [1.82, 2.24) is 4.72 Å². The van der Waals surface area contributed by atoms with Crippen LogP contribution in [0.25, 0.3) is 0 Å². The Labute approximate surface area is 103 Å². The summed E-state index contributed by atoms with van der Waals surface area (Å²) in [5.74, 6) is -0.680. The zero-order valence-electron chi connectivity index (χ0n) is 10.3. The Kier molecular flexibility index (Phi) is 4.94. The lowest BCUT2D eigenvalue weighted by Crippen LogP contribution is -2.42. The van der Waals surface area contributed by atoms with Crippen LogP contribution in [0, 0.1) is 5.92 Å². The molecule has 1 aliphatic carbocycles. The van der Waals surface area contributed by atoms with Gasteiger partial charge in [-0.15, -0.1) is 0 Å². The fourth-order valence-corrected chi connectivity index (χ4v) is 3.24. The van der Waals surface area contributed by atoms with E-state index in [4.69, 9.17) is 5.11 Å². The first-order valence-electron chi connectivity index (χ1n) is 6.07. The van der Waals surface area contributed by atoms with Crippen LogP contribution >= 0.6 is 0 Å². The Morgan fingerprint density at radius 1 is 1.29 bits per heavy atom. The van der Waals surface area contributed by atoms with Crippen LogP contribution in [0.5, 0.6) is 0 Å². The maximum absolute atomic E-state index is 11.7. The molecule has 1 fully saturated rings. The number of hydrogen-bond acceptors (Lipinski definition) is 3. The molecule has 0 aromatic carbocycles. The molecule has 1 aliphatic rings. The van der Waals surface area contributed by atoms with Crippen LogP contribution in [0.15, 0.2) is 0 Å².